The van der Waals surface area contributed by atoms with Gasteiger partial charge < -0.3 is 4.90 Å². The Hall–Kier alpha value is -1.42. The standard InChI is InChI=1S/C13H11BrN2O/c14-10-6-13(17)16(8-10)11-5-9-3-1-2-4-12(9)15-7-11/h1-5,7,10H,6,8H2. The summed E-state index contributed by atoms with van der Waals surface area (Å²) in [7, 11) is 0. The van der Waals surface area contributed by atoms with Gasteiger partial charge in [0.25, 0.3) is 0 Å². The van der Waals surface area contributed by atoms with Gasteiger partial charge in [-0.2, -0.15) is 0 Å². The van der Waals surface area contributed by atoms with E-state index in [4.69, 9.17) is 0 Å². The number of pyridine rings is 1. The smallest absolute Gasteiger partial charge is 0.228 e. The molecule has 0 radical (unpaired) electrons. The van der Waals surface area contributed by atoms with Crippen molar-refractivity contribution in [1.29, 1.82) is 0 Å². The number of carbonyl (C=O) groups is 1. The van der Waals surface area contributed by atoms with Gasteiger partial charge in [0.1, 0.15) is 0 Å². The lowest BCUT2D eigenvalue weighted by Crippen LogP contribution is -2.24. The number of para-hydroxylation sites is 1. The Morgan fingerprint density at radius 2 is 2.18 bits per heavy atom. The molecule has 1 amide bonds. The number of hydrogen-bond acceptors (Lipinski definition) is 2. The maximum atomic E-state index is 11.8. The van der Waals surface area contributed by atoms with Crippen molar-refractivity contribution in [2.45, 2.75) is 11.2 Å². The average molecular weight is 291 g/mol. The molecule has 1 aliphatic rings. The highest BCUT2D eigenvalue weighted by molar-refractivity contribution is 9.09. The molecule has 2 heterocycles. The number of nitrogens with zero attached hydrogens (tertiary/aromatic N) is 2. The summed E-state index contributed by atoms with van der Waals surface area (Å²) in [6.45, 7) is 0.721. The van der Waals surface area contributed by atoms with Crippen molar-refractivity contribution in [1.82, 2.24) is 4.98 Å². The van der Waals surface area contributed by atoms with Gasteiger partial charge in [-0.25, -0.2) is 0 Å². The van der Waals surface area contributed by atoms with E-state index in [2.05, 4.69) is 20.9 Å². The highest BCUT2D eigenvalue weighted by Gasteiger charge is 2.28. The van der Waals surface area contributed by atoms with Crippen LogP contribution in [0, 0.1) is 0 Å². The number of anilines is 1. The van der Waals surface area contributed by atoms with Gasteiger partial charge in [0.05, 0.1) is 17.4 Å². The first-order valence-corrected chi connectivity index (χ1v) is 6.45. The quantitative estimate of drug-likeness (QED) is 0.757. The molecular formula is C13H11BrN2O. The zero-order valence-corrected chi connectivity index (χ0v) is 10.7. The lowest BCUT2D eigenvalue weighted by molar-refractivity contribution is -0.117. The Morgan fingerprint density at radius 3 is 2.94 bits per heavy atom. The molecule has 0 aliphatic carbocycles. The van der Waals surface area contributed by atoms with Crippen molar-refractivity contribution in [3.05, 3.63) is 36.5 Å². The van der Waals surface area contributed by atoms with Gasteiger partial charge in [-0.05, 0) is 12.1 Å². The monoisotopic (exact) mass is 290 g/mol. The summed E-state index contributed by atoms with van der Waals surface area (Å²) in [4.78, 5) is 18.2. The number of carbonyl (C=O) groups excluding carboxylic acids is 1. The van der Waals surface area contributed by atoms with E-state index < -0.39 is 0 Å². The number of halogens is 1. The van der Waals surface area contributed by atoms with Crippen LogP contribution in [-0.4, -0.2) is 22.3 Å². The van der Waals surface area contributed by atoms with Crippen LogP contribution in [0.25, 0.3) is 10.9 Å². The van der Waals surface area contributed by atoms with E-state index in [1.165, 1.54) is 0 Å². The Balaban J connectivity index is 2.03. The second kappa shape index (κ2) is 4.11. The Bertz CT molecular complexity index is 584. The van der Waals surface area contributed by atoms with E-state index >= 15 is 0 Å². The van der Waals surface area contributed by atoms with Crippen LogP contribution >= 0.6 is 15.9 Å². The van der Waals surface area contributed by atoms with Gasteiger partial charge in [-0.1, -0.05) is 34.1 Å². The molecule has 1 aromatic heterocycles. The van der Waals surface area contributed by atoms with Crippen molar-refractivity contribution in [2.24, 2.45) is 0 Å². The van der Waals surface area contributed by atoms with Crippen molar-refractivity contribution in [3.8, 4) is 0 Å². The fourth-order valence-electron chi connectivity index (χ4n) is 2.12. The van der Waals surface area contributed by atoms with Crippen LogP contribution in [0.1, 0.15) is 6.42 Å². The lowest BCUT2D eigenvalue weighted by Gasteiger charge is -2.15. The summed E-state index contributed by atoms with van der Waals surface area (Å²) < 4.78 is 0. The zero-order valence-electron chi connectivity index (χ0n) is 9.14. The summed E-state index contributed by atoms with van der Waals surface area (Å²) in [6, 6.07) is 9.94. The molecule has 1 aromatic carbocycles. The van der Waals surface area contributed by atoms with Crippen LogP contribution in [0.3, 0.4) is 0 Å². The van der Waals surface area contributed by atoms with E-state index in [0.29, 0.717) is 6.42 Å². The number of aromatic nitrogens is 1. The molecular weight excluding hydrogens is 280 g/mol. The van der Waals surface area contributed by atoms with Crippen LogP contribution in [0.4, 0.5) is 5.69 Å². The van der Waals surface area contributed by atoms with Crippen LogP contribution in [-0.2, 0) is 4.79 Å². The highest BCUT2D eigenvalue weighted by Crippen LogP contribution is 2.26. The molecule has 3 rings (SSSR count). The van der Waals surface area contributed by atoms with Gasteiger partial charge in [-0.3, -0.25) is 9.78 Å². The Labute approximate surface area is 108 Å². The Kier molecular flexibility index (Phi) is 2.59. The lowest BCUT2D eigenvalue weighted by atomic mass is 10.2. The number of fused-ring (bicyclic) bond motifs is 1. The maximum Gasteiger partial charge on any atom is 0.228 e. The highest BCUT2D eigenvalue weighted by atomic mass is 79.9. The third-order valence-electron chi connectivity index (χ3n) is 2.97. The minimum atomic E-state index is 0.156. The van der Waals surface area contributed by atoms with Crippen LogP contribution in [0.15, 0.2) is 36.5 Å². The number of benzene rings is 1. The molecule has 3 nitrogen and oxygen atoms in total. The molecule has 17 heavy (non-hydrogen) atoms. The van der Waals surface area contributed by atoms with Crippen molar-refractivity contribution >= 4 is 38.4 Å². The molecule has 1 unspecified atom stereocenters. The molecule has 0 bridgehead atoms. The minimum absolute atomic E-state index is 0.156. The molecule has 0 N–H and O–H groups in total. The second-order valence-electron chi connectivity index (χ2n) is 4.19. The number of alkyl halides is 1. The van der Waals surface area contributed by atoms with E-state index in [0.717, 1.165) is 23.1 Å². The molecule has 1 aliphatic heterocycles. The van der Waals surface area contributed by atoms with E-state index in [1.807, 2.05) is 30.3 Å². The summed E-state index contributed by atoms with van der Waals surface area (Å²) in [6.07, 6.45) is 2.33. The normalized spacial score (nSPS) is 20.2. The predicted octanol–water partition coefficient (Wildman–Crippen LogP) is 2.74. The first-order valence-electron chi connectivity index (χ1n) is 5.53. The first-order chi connectivity index (χ1) is 8.24. The summed E-state index contributed by atoms with van der Waals surface area (Å²) in [5.41, 5.74) is 1.84. The third-order valence-corrected chi connectivity index (χ3v) is 3.58. The van der Waals surface area contributed by atoms with Gasteiger partial charge in [-0.15, -0.1) is 0 Å². The summed E-state index contributed by atoms with van der Waals surface area (Å²) in [5, 5.41) is 1.07. The van der Waals surface area contributed by atoms with Crippen LogP contribution in [0.5, 0.6) is 0 Å². The summed E-state index contributed by atoms with van der Waals surface area (Å²) >= 11 is 3.48. The average Bonchev–Trinajstić information content (AvgIpc) is 2.68. The molecule has 0 saturated carbocycles. The van der Waals surface area contributed by atoms with Crippen molar-refractivity contribution in [2.75, 3.05) is 11.4 Å². The number of hydrogen-bond donors (Lipinski definition) is 0. The number of amides is 1. The van der Waals surface area contributed by atoms with Gasteiger partial charge in [0, 0.05) is 23.2 Å². The maximum absolute atomic E-state index is 11.8. The zero-order chi connectivity index (χ0) is 11.8. The van der Waals surface area contributed by atoms with Crippen molar-refractivity contribution < 1.29 is 4.79 Å². The topological polar surface area (TPSA) is 33.2 Å². The van der Waals surface area contributed by atoms with Crippen molar-refractivity contribution in [3.63, 3.8) is 0 Å². The molecule has 1 fully saturated rings. The first kappa shape index (κ1) is 10.7. The van der Waals surface area contributed by atoms with Gasteiger partial charge in [0.2, 0.25) is 5.91 Å². The van der Waals surface area contributed by atoms with Crippen LogP contribution < -0.4 is 4.90 Å². The second-order valence-corrected chi connectivity index (χ2v) is 5.49. The molecule has 86 valence electrons. The fraction of sp³-hybridized carbons (Fsp3) is 0.231. The molecule has 4 heteroatoms. The molecule has 1 atom stereocenters. The van der Waals surface area contributed by atoms with E-state index in [-0.39, 0.29) is 10.7 Å². The predicted molar refractivity (Wildman–Crippen MR) is 71.4 cm³/mol. The third kappa shape index (κ3) is 1.93. The molecule has 0 spiro atoms. The Morgan fingerprint density at radius 1 is 1.35 bits per heavy atom. The fourth-order valence-corrected chi connectivity index (χ4v) is 2.69. The van der Waals surface area contributed by atoms with E-state index in [9.17, 15) is 4.79 Å². The summed E-state index contributed by atoms with van der Waals surface area (Å²) in [5.74, 6) is 0.156. The molecule has 2 aromatic rings. The largest absolute Gasteiger partial charge is 0.310 e. The van der Waals surface area contributed by atoms with Gasteiger partial charge in [0.15, 0.2) is 0 Å². The molecule has 1 saturated heterocycles. The van der Waals surface area contributed by atoms with E-state index in [1.54, 1.807) is 11.1 Å². The number of rotatable bonds is 1. The minimum Gasteiger partial charge on any atom is -0.310 e. The van der Waals surface area contributed by atoms with Crippen LogP contribution in [0.2, 0.25) is 0 Å². The van der Waals surface area contributed by atoms with Gasteiger partial charge >= 0.3 is 0 Å². The SMILES string of the molecule is O=C1CC(Br)CN1c1cnc2ccccc2c1.